The van der Waals surface area contributed by atoms with Crippen molar-refractivity contribution in [3.63, 3.8) is 0 Å². The lowest BCUT2D eigenvalue weighted by molar-refractivity contribution is -0.131. The molecule has 0 atom stereocenters. The van der Waals surface area contributed by atoms with Gasteiger partial charge in [-0.15, -0.1) is 0 Å². The van der Waals surface area contributed by atoms with Crippen LogP contribution in [0.1, 0.15) is 25.3 Å². The Bertz CT molecular complexity index is 566. The van der Waals surface area contributed by atoms with Gasteiger partial charge in [0, 0.05) is 26.1 Å². The van der Waals surface area contributed by atoms with Gasteiger partial charge in [-0.05, 0) is 30.5 Å². The van der Waals surface area contributed by atoms with E-state index in [-0.39, 0.29) is 17.9 Å². The maximum absolute atomic E-state index is 12.4. The van der Waals surface area contributed by atoms with Crippen molar-refractivity contribution in [1.29, 1.82) is 0 Å². The molecule has 0 aliphatic carbocycles. The van der Waals surface area contributed by atoms with Crippen molar-refractivity contribution in [3.05, 3.63) is 23.8 Å². The highest BCUT2D eigenvalue weighted by atomic mass is 16.5. The van der Waals surface area contributed by atoms with Crippen LogP contribution < -0.4 is 14.8 Å². The number of nitrogens with zero attached hydrogens (tertiary/aromatic N) is 1. The quantitative estimate of drug-likeness (QED) is 0.890. The van der Waals surface area contributed by atoms with Gasteiger partial charge in [-0.2, -0.15) is 0 Å². The van der Waals surface area contributed by atoms with Crippen molar-refractivity contribution < 1.29 is 19.1 Å². The smallest absolute Gasteiger partial charge is 0.226 e. The number of benzene rings is 1. The van der Waals surface area contributed by atoms with E-state index in [1.807, 2.05) is 23.1 Å². The lowest BCUT2D eigenvalue weighted by Gasteiger charge is -2.32. The predicted octanol–water partition coefficient (Wildman–Crippen LogP) is 1.37. The molecule has 6 nitrogen and oxygen atoms in total. The monoisotopic (exact) mass is 320 g/mol. The van der Waals surface area contributed by atoms with Crippen molar-refractivity contribution >= 4 is 11.8 Å². The molecule has 2 amide bonds. The Kier molecular flexibility index (Phi) is 5.84. The lowest BCUT2D eigenvalue weighted by atomic mass is 10.0. The van der Waals surface area contributed by atoms with Crippen LogP contribution >= 0.6 is 0 Å². The summed E-state index contributed by atoms with van der Waals surface area (Å²) in [7, 11) is 3.16. The average molecular weight is 320 g/mol. The first kappa shape index (κ1) is 17.1. The highest BCUT2D eigenvalue weighted by Gasteiger charge is 2.23. The first-order chi connectivity index (χ1) is 11.0. The minimum absolute atomic E-state index is 0.0138. The van der Waals surface area contributed by atoms with Gasteiger partial charge in [0.05, 0.1) is 20.6 Å². The Morgan fingerprint density at radius 1 is 1.17 bits per heavy atom. The number of hydrogen-bond acceptors (Lipinski definition) is 4. The fourth-order valence-electron chi connectivity index (χ4n) is 2.84. The molecule has 1 aliphatic rings. The van der Waals surface area contributed by atoms with E-state index in [1.165, 1.54) is 6.92 Å². The van der Waals surface area contributed by atoms with Gasteiger partial charge in [0.2, 0.25) is 11.8 Å². The molecule has 1 fully saturated rings. The third kappa shape index (κ3) is 4.61. The van der Waals surface area contributed by atoms with Crippen molar-refractivity contribution in [1.82, 2.24) is 10.2 Å². The summed E-state index contributed by atoms with van der Waals surface area (Å²) < 4.78 is 10.5. The number of methoxy groups -OCH3 is 2. The third-order valence-electron chi connectivity index (χ3n) is 4.06. The molecule has 2 rings (SSSR count). The summed E-state index contributed by atoms with van der Waals surface area (Å²) in [4.78, 5) is 25.3. The summed E-state index contributed by atoms with van der Waals surface area (Å²) in [5, 5.41) is 2.91. The van der Waals surface area contributed by atoms with E-state index in [0.717, 1.165) is 18.4 Å². The van der Waals surface area contributed by atoms with Gasteiger partial charge in [-0.3, -0.25) is 9.59 Å². The van der Waals surface area contributed by atoms with E-state index in [4.69, 9.17) is 9.47 Å². The fourth-order valence-corrected chi connectivity index (χ4v) is 2.84. The Morgan fingerprint density at radius 3 is 2.39 bits per heavy atom. The maximum atomic E-state index is 12.4. The second kappa shape index (κ2) is 7.85. The van der Waals surface area contributed by atoms with Gasteiger partial charge >= 0.3 is 0 Å². The van der Waals surface area contributed by atoms with Gasteiger partial charge in [0.25, 0.3) is 0 Å². The molecule has 1 heterocycles. The molecule has 1 aromatic rings. The van der Waals surface area contributed by atoms with Gasteiger partial charge in [0.1, 0.15) is 0 Å². The highest BCUT2D eigenvalue weighted by Crippen LogP contribution is 2.28. The second-order valence-corrected chi connectivity index (χ2v) is 5.72. The maximum Gasteiger partial charge on any atom is 0.226 e. The summed E-state index contributed by atoms with van der Waals surface area (Å²) in [6.45, 7) is 2.88. The summed E-state index contributed by atoms with van der Waals surface area (Å²) in [5.41, 5.74) is 0.900. The number of piperidine rings is 1. The molecule has 0 unspecified atom stereocenters. The summed E-state index contributed by atoms with van der Waals surface area (Å²) >= 11 is 0. The molecule has 23 heavy (non-hydrogen) atoms. The van der Waals surface area contributed by atoms with Gasteiger partial charge in [-0.25, -0.2) is 0 Å². The molecule has 1 aliphatic heterocycles. The molecule has 0 bridgehead atoms. The first-order valence-corrected chi connectivity index (χ1v) is 7.79. The molecule has 1 N–H and O–H groups in total. The highest BCUT2D eigenvalue weighted by molar-refractivity contribution is 5.79. The van der Waals surface area contributed by atoms with Gasteiger partial charge in [0.15, 0.2) is 11.5 Å². The number of ether oxygens (including phenoxy) is 2. The standard InChI is InChI=1S/C17H24N2O4/c1-12(20)18-14-6-8-19(9-7-14)17(21)11-13-4-5-15(22-2)16(10-13)23-3/h4-5,10,14H,6-9,11H2,1-3H3,(H,18,20). The number of carbonyl (C=O) groups excluding carboxylic acids is 2. The van der Waals surface area contributed by atoms with Crippen LogP contribution in [-0.2, 0) is 16.0 Å². The SMILES string of the molecule is COc1ccc(CC(=O)N2CCC(NC(C)=O)CC2)cc1OC. The predicted molar refractivity (Wildman–Crippen MR) is 86.7 cm³/mol. The van der Waals surface area contributed by atoms with E-state index in [2.05, 4.69) is 5.32 Å². The van der Waals surface area contributed by atoms with E-state index in [9.17, 15) is 9.59 Å². The number of carbonyl (C=O) groups is 2. The van der Waals surface area contributed by atoms with Crippen LogP contribution in [0.2, 0.25) is 0 Å². The summed E-state index contributed by atoms with van der Waals surface area (Å²) in [6.07, 6.45) is 1.94. The summed E-state index contributed by atoms with van der Waals surface area (Å²) in [5.74, 6) is 1.36. The van der Waals surface area contributed by atoms with Crippen LogP contribution in [0.4, 0.5) is 0 Å². The Hall–Kier alpha value is -2.24. The normalized spacial score (nSPS) is 15.2. The molecule has 6 heteroatoms. The Balaban J connectivity index is 1.91. The van der Waals surface area contributed by atoms with E-state index in [1.54, 1.807) is 14.2 Å². The zero-order chi connectivity index (χ0) is 16.8. The molecular formula is C17H24N2O4. The van der Waals surface area contributed by atoms with E-state index < -0.39 is 0 Å². The minimum atomic E-state index is -0.0138. The van der Waals surface area contributed by atoms with Crippen LogP contribution in [0.5, 0.6) is 11.5 Å². The molecule has 126 valence electrons. The number of hydrogen-bond donors (Lipinski definition) is 1. The molecule has 1 aromatic carbocycles. The van der Waals surface area contributed by atoms with Gasteiger partial charge < -0.3 is 19.7 Å². The van der Waals surface area contributed by atoms with Crippen LogP contribution in [0.15, 0.2) is 18.2 Å². The zero-order valence-corrected chi connectivity index (χ0v) is 13.9. The number of amides is 2. The molecule has 0 spiro atoms. The minimum Gasteiger partial charge on any atom is -0.493 e. The number of nitrogens with one attached hydrogen (secondary N) is 1. The van der Waals surface area contributed by atoms with Gasteiger partial charge in [-0.1, -0.05) is 6.07 Å². The fraction of sp³-hybridized carbons (Fsp3) is 0.529. The number of likely N-dealkylation sites (tertiary alicyclic amines) is 1. The van der Waals surface area contributed by atoms with Crippen molar-refractivity contribution in [2.45, 2.75) is 32.2 Å². The molecule has 0 radical (unpaired) electrons. The van der Waals surface area contributed by atoms with Crippen molar-refractivity contribution in [2.75, 3.05) is 27.3 Å². The first-order valence-electron chi connectivity index (χ1n) is 7.79. The van der Waals surface area contributed by atoms with Crippen LogP contribution in [0.3, 0.4) is 0 Å². The van der Waals surface area contributed by atoms with Crippen LogP contribution in [-0.4, -0.2) is 50.1 Å². The Labute approximate surface area is 136 Å². The van der Waals surface area contributed by atoms with E-state index >= 15 is 0 Å². The topological polar surface area (TPSA) is 67.9 Å². The third-order valence-corrected chi connectivity index (χ3v) is 4.06. The number of rotatable bonds is 5. The largest absolute Gasteiger partial charge is 0.493 e. The van der Waals surface area contributed by atoms with E-state index in [0.29, 0.717) is 31.0 Å². The second-order valence-electron chi connectivity index (χ2n) is 5.72. The van der Waals surface area contributed by atoms with Crippen LogP contribution in [0, 0.1) is 0 Å². The Morgan fingerprint density at radius 2 is 1.83 bits per heavy atom. The molecule has 1 saturated heterocycles. The van der Waals surface area contributed by atoms with Crippen LogP contribution in [0.25, 0.3) is 0 Å². The van der Waals surface area contributed by atoms with Crippen molar-refractivity contribution in [2.24, 2.45) is 0 Å². The summed E-state index contributed by atoms with van der Waals surface area (Å²) in [6, 6.07) is 5.70. The molecular weight excluding hydrogens is 296 g/mol. The average Bonchev–Trinajstić information content (AvgIpc) is 2.54. The lowest BCUT2D eigenvalue weighted by Crippen LogP contribution is -2.46. The zero-order valence-electron chi connectivity index (χ0n) is 13.9. The van der Waals surface area contributed by atoms with Crippen molar-refractivity contribution in [3.8, 4) is 11.5 Å². The molecule has 0 aromatic heterocycles. The molecule has 0 saturated carbocycles.